The molecule has 0 saturated carbocycles. The summed E-state index contributed by atoms with van der Waals surface area (Å²) in [6, 6.07) is 8.61. The van der Waals surface area contributed by atoms with Crippen LogP contribution in [0.3, 0.4) is 0 Å². The summed E-state index contributed by atoms with van der Waals surface area (Å²) in [4.78, 5) is 8.15. The van der Waals surface area contributed by atoms with E-state index in [4.69, 9.17) is 11.6 Å². The zero-order chi connectivity index (χ0) is 14.3. The second-order valence-corrected chi connectivity index (χ2v) is 4.47. The summed E-state index contributed by atoms with van der Waals surface area (Å²) in [5.74, 6) is -4.09. The van der Waals surface area contributed by atoms with Gasteiger partial charge in [0.05, 0.1) is 5.52 Å². The van der Waals surface area contributed by atoms with Gasteiger partial charge in [0.25, 0.3) is 0 Å². The molecule has 6 heteroatoms. The Morgan fingerprint density at radius 2 is 1.55 bits per heavy atom. The number of aromatic nitrogens is 2. The van der Waals surface area contributed by atoms with Gasteiger partial charge in [-0.15, -0.1) is 0 Å². The number of rotatable bonds is 1. The smallest absolute Gasteiger partial charge is 0.194 e. The Balaban J connectivity index is 2.25. The Kier molecular flexibility index (Phi) is 3.06. The van der Waals surface area contributed by atoms with Crippen molar-refractivity contribution >= 4 is 22.5 Å². The summed E-state index contributed by atoms with van der Waals surface area (Å²) in [7, 11) is 0. The second-order valence-electron chi connectivity index (χ2n) is 4.11. The van der Waals surface area contributed by atoms with E-state index >= 15 is 0 Å². The Hall–Kier alpha value is -2.14. The molecule has 20 heavy (non-hydrogen) atoms. The number of halogens is 4. The molecule has 0 atom stereocenters. The third-order valence-corrected chi connectivity index (χ3v) is 3.09. The van der Waals surface area contributed by atoms with E-state index in [9.17, 15) is 13.2 Å². The number of para-hydroxylation sites is 1. The molecule has 100 valence electrons. The largest absolute Gasteiger partial charge is 0.228 e. The Morgan fingerprint density at radius 1 is 0.900 bits per heavy atom. The summed E-state index contributed by atoms with van der Waals surface area (Å²) < 4.78 is 39.4. The number of benzene rings is 2. The van der Waals surface area contributed by atoms with Crippen LogP contribution in [0.5, 0.6) is 0 Å². The van der Waals surface area contributed by atoms with Crippen LogP contribution in [-0.2, 0) is 0 Å². The molecule has 0 bridgehead atoms. The van der Waals surface area contributed by atoms with Gasteiger partial charge in [-0.2, -0.15) is 0 Å². The van der Waals surface area contributed by atoms with Crippen molar-refractivity contribution in [2.45, 2.75) is 0 Å². The number of fused-ring (bicyclic) bond motifs is 1. The molecule has 0 aliphatic rings. The van der Waals surface area contributed by atoms with Crippen LogP contribution in [0.2, 0.25) is 5.15 Å². The second kappa shape index (κ2) is 4.76. The topological polar surface area (TPSA) is 25.8 Å². The van der Waals surface area contributed by atoms with Gasteiger partial charge in [0.2, 0.25) is 0 Å². The SMILES string of the molecule is Fc1cc(-c2nc(Cl)c3ccccc3n2)cc(F)c1F. The minimum absolute atomic E-state index is 0.0223. The van der Waals surface area contributed by atoms with Crippen molar-refractivity contribution in [1.29, 1.82) is 0 Å². The molecule has 0 amide bonds. The van der Waals surface area contributed by atoms with E-state index in [1.165, 1.54) is 0 Å². The van der Waals surface area contributed by atoms with Crippen molar-refractivity contribution in [2.75, 3.05) is 0 Å². The molecule has 0 N–H and O–H groups in total. The van der Waals surface area contributed by atoms with Crippen LogP contribution < -0.4 is 0 Å². The maximum Gasteiger partial charge on any atom is 0.194 e. The van der Waals surface area contributed by atoms with E-state index in [0.717, 1.165) is 12.1 Å². The quantitative estimate of drug-likeness (QED) is 0.492. The minimum atomic E-state index is -1.53. The fourth-order valence-electron chi connectivity index (χ4n) is 1.85. The predicted octanol–water partition coefficient (Wildman–Crippen LogP) is 4.37. The number of hydrogen-bond acceptors (Lipinski definition) is 2. The Morgan fingerprint density at radius 3 is 2.25 bits per heavy atom. The zero-order valence-electron chi connectivity index (χ0n) is 9.87. The first-order chi connectivity index (χ1) is 9.56. The van der Waals surface area contributed by atoms with Crippen LogP contribution in [0.25, 0.3) is 22.3 Å². The fraction of sp³-hybridized carbons (Fsp3) is 0. The van der Waals surface area contributed by atoms with Gasteiger partial charge >= 0.3 is 0 Å². The lowest BCUT2D eigenvalue weighted by molar-refractivity contribution is 0.447. The molecule has 1 heterocycles. The highest BCUT2D eigenvalue weighted by molar-refractivity contribution is 6.34. The van der Waals surface area contributed by atoms with Crippen molar-refractivity contribution in [1.82, 2.24) is 9.97 Å². The fourth-order valence-corrected chi connectivity index (χ4v) is 2.09. The number of hydrogen-bond donors (Lipinski definition) is 0. The molecule has 2 aromatic carbocycles. The third-order valence-electron chi connectivity index (χ3n) is 2.80. The molecule has 0 aliphatic carbocycles. The molecule has 3 aromatic rings. The van der Waals surface area contributed by atoms with Crippen LogP contribution in [-0.4, -0.2) is 9.97 Å². The first-order valence-electron chi connectivity index (χ1n) is 5.63. The maximum absolute atomic E-state index is 13.2. The highest BCUT2D eigenvalue weighted by atomic mass is 35.5. The summed E-state index contributed by atoms with van der Waals surface area (Å²) in [6.45, 7) is 0. The minimum Gasteiger partial charge on any atom is -0.228 e. The predicted molar refractivity (Wildman–Crippen MR) is 69.9 cm³/mol. The summed E-state index contributed by atoms with van der Waals surface area (Å²) in [6.07, 6.45) is 0. The van der Waals surface area contributed by atoms with E-state index in [1.54, 1.807) is 24.3 Å². The van der Waals surface area contributed by atoms with Crippen LogP contribution in [0.1, 0.15) is 0 Å². The Labute approximate surface area is 116 Å². The van der Waals surface area contributed by atoms with E-state index < -0.39 is 17.5 Å². The van der Waals surface area contributed by atoms with E-state index in [2.05, 4.69) is 9.97 Å². The van der Waals surface area contributed by atoms with Gasteiger partial charge in [0.1, 0.15) is 5.15 Å². The van der Waals surface area contributed by atoms with Gasteiger partial charge in [0, 0.05) is 10.9 Å². The average molecular weight is 295 g/mol. The molecular weight excluding hydrogens is 289 g/mol. The Bertz CT molecular complexity index is 798. The number of nitrogens with zero attached hydrogens (tertiary/aromatic N) is 2. The molecule has 1 aromatic heterocycles. The van der Waals surface area contributed by atoms with Gasteiger partial charge in [-0.1, -0.05) is 23.7 Å². The van der Waals surface area contributed by atoms with Crippen molar-refractivity contribution in [2.24, 2.45) is 0 Å². The molecule has 0 unspecified atom stereocenters. The molecule has 0 fully saturated rings. The van der Waals surface area contributed by atoms with Crippen LogP contribution in [0.4, 0.5) is 13.2 Å². The van der Waals surface area contributed by atoms with Crippen molar-refractivity contribution in [3.8, 4) is 11.4 Å². The normalized spacial score (nSPS) is 11.0. The molecular formula is C14H6ClF3N2. The van der Waals surface area contributed by atoms with Crippen molar-refractivity contribution < 1.29 is 13.2 Å². The van der Waals surface area contributed by atoms with Crippen LogP contribution >= 0.6 is 11.6 Å². The van der Waals surface area contributed by atoms with Gasteiger partial charge in [-0.3, -0.25) is 0 Å². The standard InChI is InChI=1S/C14H6ClF3N2/c15-13-8-3-1-2-4-11(8)19-14(20-13)7-5-9(16)12(18)10(17)6-7/h1-6H. The molecule has 2 nitrogen and oxygen atoms in total. The maximum atomic E-state index is 13.2. The van der Waals surface area contributed by atoms with Gasteiger partial charge in [-0.05, 0) is 24.3 Å². The van der Waals surface area contributed by atoms with E-state index in [-0.39, 0.29) is 16.5 Å². The van der Waals surface area contributed by atoms with Crippen LogP contribution in [0.15, 0.2) is 36.4 Å². The van der Waals surface area contributed by atoms with Gasteiger partial charge < -0.3 is 0 Å². The first kappa shape index (κ1) is 12.9. The van der Waals surface area contributed by atoms with Gasteiger partial charge in [0.15, 0.2) is 23.3 Å². The molecule has 0 saturated heterocycles. The van der Waals surface area contributed by atoms with Gasteiger partial charge in [-0.25, -0.2) is 23.1 Å². The van der Waals surface area contributed by atoms with E-state index in [0.29, 0.717) is 10.9 Å². The summed E-state index contributed by atoms with van der Waals surface area (Å²) >= 11 is 6.01. The molecule has 0 radical (unpaired) electrons. The lowest BCUT2D eigenvalue weighted by Crippen LogP contribution is -1.96. The molecule has 0 spiro atoms. The third kappa shape index (κ3) is 2.10. The van der Waals surface area contributed by atoms with Crippen molar-refractivity contribution in [3.05, 3.63) is 59.0 Å². The molecule has 0 aliphatic heterocycles. The van der Waals surface area contributed by atoms with Crippen LogP contribution in [0, 0.1) is 17.5 Å². The van der Waals surface area contributed by atoms with Crippen molar-refractivity contribution in [3.63, 3.8) is 0 Å². The summed E-state index contributed by atoms with van der Waals surface area (Å²) in [5, 5.41) is 0.789. The zero-order valence-corrected chi connectivity index (χ0v) is 10.6. The summed E-state index contributed by atoms with van der Waals surface area (Å²) in [5.41, 5.74) is 0.557. The van der Waals surface area contributed by atoms with E-state index in [1.807, 2.05) is 0 Å². The highest BCUT2D eigenvalue weighted by Crippen LogP contribution is 2.26. The first-order valence-corrected chi connectivity index (χ1v) is 6.01. The lowest BCUT2D eigenvalue weighted by Gasteiger charge is -2.05. The monoisotopic (exact) mass is 294 g/mol. The molecule has 3 rings (SSSR count). The lowest BCUT2D eigenvalue weighted by atomic mass is 10.1. The highest BCUT2D eigenvalue weighted by Gasteiger charge is 2.14. The average Bonchev–Trinajstić information content (AvgIpc) is 2.44.